The van der Waals surface area contributed by atoms with Crippen molar-refractivity contribution in [2.75, 3.05) is 40.6 Å². The zero-order valence-corrected chi connectivity index (χ0v) is 21.3. The van der Waals surface area contributed by atoms with E-state index in [2.05, 4.69) is 20.6 Å². The lowest BCUT2D eigenvalue weighted by atomic mass is 9.96. The summed E-state index contributed by atoms with van der Waals surface area (Å²) in [7, 11) is -4.67. The number of aromatic amines is 1. The molecule has 3 heterocycles. The Hall–Kier alpha value is -4.42. The van der Waals surface area contributed by atoms with Gasteiger partial charge in [0.15, 0.2) is 11.4 Å². The van der Waals surface area contributed by atoms with Gasteiger partial charge < -0.3 is 36.4 Å². The molecule has 1 aromatic heterocycles. The largest absolute Gasteiger partial charge is 0.480 e. The van der Waals surface area contributed by atoms with Crippen LogP contribution in [0.5, 0.6) is 0 Å². The number of carboxylic acid groups (broad SMARTS) is 2. The molecule has 17 nitrogen and oxygen atoms in total. The molecule has 0 bridgehead atoms. The summed E-state index contributed by atoms with van der Waals surface area (Å²) < 4.78 is 31.6. The van der Waals surface area contributed by atoms with E-state index in [1.54, 1.807) is 29.2 Å². The molecular weight excluding hydrogens is 542 g/mol. The molecule has 2 aliphatic rings. The van der Waals surface area contributed by atoms with Gasteiger partial charge in [-0.2, -0.15) is 13.4 Å². The number of nitrogens with zero attached hydrogens (tertiary/aromatic N) is 3. The van der Waals surface area contributed by atoms with Crippen LogP contribution in [0.15, 0.2) is 29.1 Å². The number of hydrogen-bond acceptors (Lipinski definition) is 11. The van der Waals surface area contributed by atoms with E-state index < -0.39 is 45.4 Å². The van der Waals surface area contributed by atoms with Gasteiger partial charge in [0.1, 0.15) is 11.7 Å². The van der Waals surface area contributed by atoms with Crippen LogP contribution in [0, 0.1) is 0 Å². The second kappa shape index (κ2) is 11.1. The monoisotopic (exact) mass is 569 g/mol. The van der Waals surface area contributed by atoms with Gasteiger partial charge >= 0.3 is 22.3 Å². The summed E-state index contributed by atoms with van der Waals surface area (Å²) in [5.74, 6) is -2.57. The average Bonchev–Trinajstić information content (AvgIpc) is 3.23. The highest BCUT2D eigenvalue weighted by Gasteiger charge is 2.55. The predicted molar refractivity (Wildman–Crippen MR) is 137 cm³/mol. The molecule has 1 saturated heterocycles. The number of amides is 1. The fraction of sp³-hybridized carbons (Fsp3) is 0.381. The fourth-order valence-corrected chi connectivity index (χ4v) is 4.32. The number of rotatable bonds is 7. The van der Waals surface area contributed by atoms with Gasteiger partial charge in [-0.25, -0.2) is 9.59 Å². The Morgan fingerprint density at radius 1 is 1.21 bits per heavy atom. The Morgan fingerprint density at radius 2 is 1.82 bits per heavy atom. The Balaban J connectivity index is 0.000000771. The molecule has 0 aliphatic carbocycles. The van der Waals surface area contributed by atoms with Crippen molar-refractivity contribution in [3.63, 3.8) is 0 Å². The first-order valence-electron chi connectivity index (χ1n) is 11.4. The number of nitrogens with one attached hydrogen (secondary N) is 3. The van der Waals surface area contributed by atoms with E-state index in [0.29, 0.717) is 18.5 Å². The Bertz CT molecular complexity index is 1420. The molecule has 0 spiro atoms. The number of aromatic nitrogens is 2. The van der Waals surface area contributed by atoms with Gasteiger partial charge in [0.25, 0.3) is 11.5 Å². The number of carbonyl (C=O) groups is 3. The number of H-pyrrole nitrogens is 1. The van der Waals surface area contributed by atoms with Crippen LogP contribution in [0.2, 0.25) is 0 Å². The van der Waals surface area contributed by atoms with Gasteiger partial charge in [0.2, 0.25) is 5.95 Å². The minimum absolute atomic E-state index is 0.0101. The molecule has 0 saturated carbocycles. The van der Waals surface area contributed by atoms with Gasteiger partial charge in [-0.05, 0) is 30.7 Å². The maximum absolute atomic E-state index is 12.6. The van der Waals surface area contributed by atoms with Crippen molar-refractivity contribution >= 4 is 51.4 Å². The number of nitrogen functional groups attached to an aromatic ring is 1. The van der Waals surface area contributed by atoms with Gasteiger partial charge in [0, 0.05) is 11.3 Å². The molecule has 2 unspecified atom stereocenters. The number of carbonyl (C=O) groups excluding carboxylic acids is 1. The van der Waals surface area contributed by atoms with Gasteiger partial charge in [-0.15, -0.1) is 0 Å². The molecule has 1 aromatic carbocycles. The number of anilines is 4. The molecular formula is C21H27N7O10S. The van der Waals surface area contributed by atoms with Crippen molar-refractivity contribution in [2.45, 2.75) is 31.3 Å². The fourth-order valence-electron chi connectivity index (χ4n) is 4.32. The van der Waals surface area contributed by atoms with E-state index in [9.17, 15) is 29.4 Å². The van der Waals surface area contributed by atoms with Crippen molar-refractivity contribution in [1.29, 1.82) is 0 Å². The summed E-state index contributed by atoms with van der Waals surface area (Å²) in [6, 6.07) is 5.41. The predicted octanol–water partition coefficient (Wildman–Crippen LogP) is -0.785. The lowest BCUT2D eigenvalue weighted by molar-refractivity contribution is -0.142. The van der Waals surface area contributed by atoms with Gasteiger partial charge in [-0.3, -0.25) is 23.7 Å². The highest BCUT2D eigenvalue weighted by Crippen LogP contribution is 2.38. The first-order chi connectivity index (χ1) is 18.2. The van der Waals surface area contributed by atoms with Gasteiger partial charge in [0.05, 0.1) is 19.8 Å². The van der Waals surface area contributed by atoms with Crippen molar-refractivity contribution in [1.82, 2.24) is 15.3 Å². The molecule has 9 N–H and O–H groups in total. The van der Waals surface area contributed by atoms with Crippen molar-refractivity contribution in [3.8, 4) is 0 Å². The second-order valence-corrected chi connectivity index (χ2v) is 9.65. The second-order valence-electron chi connectivity index (χ2n) is 8.75. The third-order valence-corrected chi connectivity index (χ3v) is 6.09. The van der Waals surface area contributed by atoms with Crippen molar-refractivity contribution in [3.05, 3.63) is 40.2 Å². The lowest BCUT2D eigenvalue weighted by Gasteiger charge is -2.38. The summed E-state index contributed by atoms with van der Waals surface area (Å²) in [4.78, 5) is 58.4. The Morgan fingerprint density at radius 3 is 2.36 bits per heavy atom. The molecule has 2 atom stereocenters. The molecule has 212 valence electrons. The maximum atomic E-state index is 12.6. The van der Waals surface area contributed by atoms with E-state index in [0.717, 1.165) is 0 Å². The third-order valence-electron chi connectivity index (χ3n) is 6.09. The van der Waals surface area contributed by atoms with Crippen LogP contribution in [-0.2, 0) is 20.0 Å². The van der Waals surface area contributed by atoms with E-state index >= 15 is 0 Å². The van der Waals surface area contributed by atoms with Gasteiger partial charge in [-0.1, -0.05) is 13.3 Å². The molecule has 1 amide bonds. The summed E-state index contributed by atoms with van der Waals surface area (Å²) in [5, 5.41) is 24.7. The first kappa shape index (κ1) is 29.1. The Kier molecular flexibility index (Phi) is 8.32. The highest BCUT2D eigenvalue weighted by molar-refractivity contribution is 7.79. The van der Waals surface area contributed by atoms with Crippen LogP contribution in [0.25, 0.3) is 0 Å². The first-order valence-corrected chi connectivity index (χ1v) is 12.8. The quantitative estimate of drug-likeness (QED) is 0.190. The molecule has 2 aliphatic heterocycles. The number of fused-ring (bicyclic) bond motifs is 3. The van der Waals surface area contributed by atoms with E-state index in [1.165, 1.54) is 4.90 Å². The Labute approximate surface area is 221 Å². The molecule has 1 fully saturated rings. The summed E-state index contributed by atoms with van der Waals surface area (Å²) in [6.07, 6.45) is 0.922. The molecule has 4 rings (SSSR count). The highest BCUT2D eigenvalue weighted by atomic mass is 32.3. The minimum Gasteiger partial charge on any atom is -0.480 e. The van der Waals surface area contributed by atoms with Crippen LogP contribution in [0.3, 0.4) is 0 Å². The lowest BCUT2D eigenvalue weighted by Crippen LogP contribution is -2.61. The molecule has 39 heavy (non-hydrogen) atoms. The zero-order valence-electron chi connectivity index (χ0n) is 20.5. The SMILES string of the molecule is CCCC(NC(=O)c1ccc(N2CN3c4c(nc(N)[nH]c4=O)NCC3(C(=O)O)C2)cc1)C(=O)O.O=S(=O)(O)O. The number of benzene rings is 1. The number of carboxylic acids is 2. The van der Waals surface area contributed by atoms with E-state index in [-0.39, 0.29) is 42.8 Å². The number of hydrogen-bond donors (Lipinski definition) is 8. The van der Waals surface area contributed by atoms with Crippen LogP contribution in [0.1, 0.15) is 30.1 Å². The normalized spacial score (nSPS) is 18.5. The molecule has 2 aromatic rings. The minimum atomic E-state index is -4.67. The van der Waals surface area contributed by atoms with Crippen LogP contribution < -0.4 is 31.7 Å². The van der Waals surface area contributed by atoms with E-state index in [4.69, 9.17) is 23.3 Å². The topological polar surface area (TPSA) is 269 Å². The summed E-state index contributed by atoms with van der Waals surface area (Å²) >= 11 is 0. The molecule has 0 radical (unpaired) electrons. The van der Waals surface area contributed by atoms with Crippen LogP contribution in [-0.4, -0.2) is 86.9 Å². The van der Waals surface area contributed by atoms with Crippen LogP contribution in [0.4, 0.5) is 23.1 Å². The average molecular weight is 570 g/mol. The summed E-state index contributed by atoms with van der Waals surface area (Å²) in [6.45, 7) is 2.01. The third kappa shape index (κ3) is 6.54. The smallest absolute Gasteiger partial charge is 0.394 e. The van der Waals surface area contributed by atoms with Crippen LogP contribution >= 0.6 is 0 Å². The number of aliphatic carboxylic acids is 2. The molecule has 18 heteroatoms. The zero-order chi connectivity index (χ0) is 29.1. The maximum Gasteiger partial charge on any atom is 0.394 e. The number of nitrogens with two attached hydrogens (primary N) is 1. The van der Waals surface area contributed by atoms with E-state index in [1.807, 2.05) is 6.92 Å². The standard InChI is InChI=1S/C21H25N7O6.H2O4S/c1-2-3-13(18(31)32)24-16(29)11-4-6-12(7-5-11)27-9-21(19(33)34)8-23-15-14(28(21)10-27)17(30)26-20(22)25-15;1-5(2,3)4/h4-7,13H,2-3,8-10H2,1H3,(H,24,29)(H,31,32)(H,33,34)(H4,22,23,25,26,30);(H2,1,2,3,4). The van der Waals surface area contributed by atoms with Crippen molar-refractivity contribution < 1.29 is 42.1 Å². The summed E-state index contributed by atoms with van der Waals surface area (Å²) in [5.41, 5.74) is 4.66. The van der Waals surface area contributed by atoms with Crippen molar-refractivity contribution in [2.24, 2.45) is 0 Å².